The van der Waals surface area contributed by atoms with Crippen LogP contribution in [0.2, 0.25) is 0 Å². The number of likely N-dealkylation sites (N-methyl/N-ethyl adjacent to an activating group) is 1. The lowest BCUT2D eigenvalue weighted by Crippen LogP contribution is -2.29. The number of hydrogen-bond donors (Lipinski definition) is 4. The number of phenols is 1. The zero-order chi connectivity index (χ0) is 11.4. The van der Waals surface area contributed by atoms with Crippen molar-refractivity contribution in [2.24, 2.45) is 0 Å². The predicted molar refractivity (Wildman–Crippen MR) is 57.7 cm³/mol. The molecule has 4 N–H and O–H groups in total. The van der Waals surface area contributed by atoms with Crippen LogP contribution in [0.5, 0.6) is 5.75 Å². The number of nitrogens with one attached hydrogen (secondary N) is 1. The smallest absolute Gasteiger partial charge is 0.118 e. The summed E-state index contributed by atoms with van der Waals surface area (Å²) in [4.78, 5) is 0. The van der Waals surface area contributed by atoms with E-state index in [2.05, 4.69) is 5.32 Å². The molecule has 0 heterocycles. The molecule has 1 aromatic rings. The minimum absolute atomic E-state index is 0.189. The highest BCUT2D eigenvalue weighted by molar-refractivity contribution is 5.36. The number of rotatable bonds is 4. The second kappa shape index (κ2) is 5.11. The molecule has 4 nitrogen and oxygen atoms in total. The lowest BCUT2D eigenvalue weighted by atomic mass is 10.0. The summed E-state index contributed by atoms with van der Waals surface area (Å²) in [7, 11) is 1.71. The van der Waals surface area contributed by atoms with Crippen molar-refractivity contribution < 1.29 is 15.3 Å². The third-order valence-corrected chi connectivity index (χ3v) is 2.34. The van der Waals surface area contributed by atoms with Crippen LogP contribution in [-0.2, 0) is 0 Å². The summed E-state index contributed by atoms with van der Waals surface area (Å²) in [6.07, 6.45) is -1.78. The number of benzene rings is 1. The summed E-state index contributed by atoms with van der Waals surface area (Å²) < 4.78 is 0. The van der Waals surface area contributed by atoms with E-state index in [1.807, 2.05) is 0 Å². The Balaban J connectivity index is 2.81. The highest BCUT2D eigenvalue weighted by Crippen LogP contribution is 2.23. The average Bonchev–Trinajstić information content (AvgIpc) is 2.21. The average molecular weight is 211 g/mol. The number of hydrogen-bond acceptors (Lipinski definition) is 4. The largest absolute Gasteiger partial charge is 0.508 e. The van der Waals surface area contributed by atoms with Crippen LogP contribution in [0.15, 0.2) is 18.2 Å². The molecular weight excluding hydrogens is 194 g/mol. The van der Waals surface area contributed by atoms with Crippen LogP contribution < -0.4 is 5.32 Å². The van der Waals surface area contributed by atoms with Gasteiger partial charge in [-0.15, -0.1) is 0 Å². The van der Waals surface area contributed by atoms with E-state index in [1.54, 1.807) is 26.1 Å². The van der Waals surface area contributed by atoms with E-state index in [-0.39, 0.29) is 5.75 Å². The second-order valence-corrected chi connectivity index (χ2v) is 3.62. The molecule has 4 heteroatoms. The number of aryl methyl sites for hydroxylation is 1. The molecule has 2 atom stereocenters. The normalized spacial score (nSPS) is 14.9. The Morgan fingerprint density at radius 1 is 1.33 bits per heavy atom. The highest BCUT2D eigenvalue weighted by Gasteiger charge is 2.17. The summed E-state index contributed by atoms with van der Waals surface area (Å²) in [6, 6.07) is 4.78. The molecular formula is C11H17NO3. The van der Waals surface area contributed by atoms with Crippen molar-refractivity contribution in [2.45, 2.75) is 19.1 Å². The Kier molecular flexibility index (Phi) is 4.08. The van der Waals surface area contributed by atoms with Crippen molar-refractivity contribution in [3.63, 3.8) is 0 Å². The number of aliphatic hydroxyl groups is 2. The molecule has 0 radical (unpaired) electrons. The first-order chi connectivity index (χ1) is 7.06. The molecule has 0 spiro atoms. The lowest BCUT2D eigenvalue weighted by Gasteiger charge is -2.18. The zero-order valence-electron chi connectivity index (χ0n) is 8.94. The van der Waals surface area contributed by atoms with Gasteiger partial charge in [0.15, 0.2) is 0 Å². The number of phenolic OH excluding ortho intramolecular Hbond substituents is 1. The van der Waals surface area contributed by atoms with Crippen LogP contribution in [-0.4, -0.2) is 35.0 Å². The molecule has 15 heavy (non-hydrogen) atoms. The zero-order valence-corrected chi connectivity index (χ0v) is 8.94. The van der Waals surface area contributed by atoms with Gasteiger partial charge in [-0.2, -0.15) is 0 Å². The van der Waals surface area contributed by atoms with Crippen molar-refractivity contribution in [3.05, 3.63) is 29.3 Å². The molecule has 0 bridgehead atoms. The highest BCUT2D eigenvalue weighted by atomic mass is 16.3. The summed E-state index contributed by atoms with van der Waals surface area (Å²) in [5, 5.41) is 31.4. The van der Waals surface area contributed by atoms with E-state index in [0.717, 1.165) is 0 Å². The van der Waals surface area contributed by atoms with Gasteiger partial charge in [0.2, 0.25) is 0 Å². The first kappa shape index (κ1) is 12.0. The van der Waals surface area contributed by atoms with E-state index in [4.69, 9.17) is 0 Å². The van der Waals surface area contributed by atoms with Crippen LogP contribution in [0.1, 0.15) is 17.2 Å². The fraction of sp³-hybridized carbons (Fsp3) is 0.455. The molecule has 0 amide bonds. The van der Waals surface area contributed by atoms with E-state index >= 15 is 0 Å². The van der Waals surface area contributed by atoms with Crippen LogP contribution in [0.3, 0.4) is 0 Å². The van der Waals surface area contributed by atoms with E-state index < -0.39 is 12.2 Å². The maximum Gasteiger partial charge on any atom is 0.118 e. The molecule has 0 aliphatic rings. The van der Waals surface area contributed by atoms with Crippen LogP contribution in [0.25, 0.3) is 0 Å². The van der Waals surface area contributed by atoms with Gasteiger partial charge in [-0.3, -0.25) is 0 Å². The van der Waals surface area contributed by atoms with E-state index in [1.165, 1.54) is 6.07 Å². The van der Waals surface area contributed by atoms with Crippen molar-refractivity contribution in [1.82, 2.24) is 5.32 Å². The minimum Gasteiger partial charge on any atom is -0.508 e. The SMILES string of the molecule is CNCC(O)C(O)c1ccc(O)c(C)c1. The first-order valence-electron chi connectivity index (χ1n) is 4.86. The van der Waals surface area contributed by atoms with E-state index in [0.29, 0.717) is 17.7 Å². The maximum atomic E-state index is 9.76. The van der Waals surface area contributed by atoms with Gasteiger partial charge in [-0.1, -0.05) is 6.07 Å². The fourth-order valence-electron chi connectivity index (χ4n) is 1.41. The molecule has 0 aliphatic heterocycles. The maximum absolute atomic E-state index is 9.76. The molecule has 0 fully saturated rings. The summed E-state index contributed by atoms with van der Waals surface area (Å²) in [5.74, 6) is 0.189. The molecule has 84 valence electrons. The van der Waals surface area contributed by atoms with Gasteiger partial charge < -0.3 is 20.6 Å². The van der Waals surface area contributed by atoms with Crippen LogP contribution in [0.4, 0.5) is 0 Å². The third-order valence-electron chi connectivity index (χ3n) is 2.34. The molecule has 0 aromatic heterocycles. The summed E-state index contributed by atoms with van der Waals surface area (Å²) in [5.41, 5.74) is 1.29. The van der Waals surface area contributed by atoms with Crippen molar-refractivity contribution in [2.75, 3.05) is 13.6 Å². The predicted octanol–water partition coefficient (Wildman–Crippen LogP) is 0.314. The van der Waals surface area contributed by atoms with Gasteiger partial charge in [-0.25, -0.2) is 0 Å². The Hall–Kier alpha value is -1.10. The monoisotopic (exact) mass is 211 g/mol. The number of aliphatic hydroxyl groups excluding tert-OH is 2. The van der Waals surface area contributed by atoms with Gasteiger partial charge >= 0.3 is 0 Å². The van der Waals surface area contributed by atoms with E-state index in [9.17, 15) is 15.3 Å². The molecule has 0 saturated carbocycles. The van der Waals surface area contributed by atoms with Gasteiger partial charge in [-0.05, 0) is 37.2 Å². The van der Waals surface area contributed by atoms with Gasteiger partial charge in [0.25, 0.3) is 0 Å². The Morgan fingerprint density at radius 3 is 2.53 bits per heavy atom. The van der Waals surface area contributed by atoms with Crippen molar-refractivity contribution >= 4 is 0 Å². The third kappa shape index (κ3) is 2.92. The minimum atomic E-state index is -0.934. The second-order valence-electron chi connectivity index (χ2n) is 3.62. The Bertz CT molecular complexity index is 328. The van der Waals surface area contributed by atoms with Crippen LogP contribution >= 0.6 is 0 Å². The van der Waals surface area contributed by atoms with Crippen molar-refractivity contribution in [3.8, 4) is 5.75 Å². The quantitative estimate of drug-likeness (QED) is 0.578. The first-order valence-corrected chi connectivity index (χ1v) is 4.86. The molecule has 1 rings (SSSR count). The van der Waals surface area contributed by atoms with Crippen LogP contribution in [0, 0.1) is 6.92 Å². The van der Waals surface area contributed by atoms with Gasteiger partial charge in [0.1, 0.15) is 11.9 Å². The molecule has 0 aliphatic carbocycles. The molecule has 2 unspecified atom stereocenters. The summed E-state index contributed by atoms with van der Waals surface area (Å²) in [6.45, 7) is 2.07. The Labute approximate surface area is 89.2 Å². The fourth-order valence-corrected chi connectivity index (χ4v) is 1.41. The standard InChI is InChI=1S/C11H17NO3/c1-7-5-8(3-4-9(7)13)11(15)10(14)6-12-2/h3-5,10-15H,6H2,1-2H3. The van der Waals surface area contributed by atoms with Crippen molar-refractivity contribution in [1.29, 1.82) is 0 Å². The molecule has 1 aromatic carbocycles. The lowest BCUT2D eigenvalue weighted by molar-refractivity contribution is 0.0202. The molecule has 0 saturated heterocycles. The van der Waals surface area contributed by atoms with Gasteiger partial charge in [0.05, 0.1) is 6.10 Å². The number of aromatic hydroxyl groups is 1. The topological polar surface area (TPSA) is 72.7 Å². The summed E-state index contributed by atoms with van der Waals surface area (Å²) >= 11 is 0. The Morgan fingerprint density at radius 2 is 2.00 bits per heavy atom. The van der Waals surface area contributed by atoms with Gasteiger partial charge in [0, 0.05) is 6.54 Å².